The Morgan fingerprint density at radius 3 is 2.62 bits per heavy atom. The average molecular weight is 319 g/mol. The minimum atomic E-state index is -3.67. The number of carbonyl (C=O) groups excluding carboxylic acids is 1. The van der Waals surface area contributed by atoms with Crippen LogP contribution in [0.1, 0.15) is 45.4 Å². The lowest BCUT2D eigenvalue weighted by Crippen LogP contribution is -2.50. The van der Waals surface area contributed by atoms with Gasteiger partial charge in [0, 0.05) is 18.5 Å². The fourth-order valence-electron chi connectivity index (χ4n) is 3.56. The molecular weight excluding hydrogens is 294 g/mol. The number of sulfonamides is 1. The molecule has 1 aliphatic carbocycles. The molecule has 1 N–H and O–H groups in total. The number of carbonyl (C=O) groups is 1. The number of esters is 1. The van der Waals surface area contributed by atoms with Crippen molar-refractivity contribution in [2.45, 2.75) is 57.6 Å². The second-order valence-corrected chi connectivity index (χ2v) is 7.82. The van der Waals surface area contributed by atoms with Crippen LogP contribution in [0.4, 0.5) is 0 Å². The zero-order valence-corrected chi connectivity index (χ0v) is 13.3. The molecule has 3 unspecified atom stereocenters. The lowest BCUT2D eigenvalue weighted by molar-refractivity contribution is -0.140. The van der Waals surface area contributed by atoms with Crippen LogP contribution >= 0.6 is 0 Å². The van der Waals surface area contributed by atoms with E-state index >= 15 is 0 Å². The van der Waals surface area contributed by atoms with Crippen molar-refractivity contribution in [1.29, 1.82) is 0 Å². The van der Waals surface area contributed by atoms with Gasteiger partial charge in [-0.1, -0.05) is 12.8 Å². The van der Waals surface area contributed by atoms with E-state index in [1.807, 2.05) is 0 Å². The van der Waals surface area contributed by atoms with Crippen LogP contribution in [0.2, 0.25) is 0 Å². The maximum absolute atomic E-state index is 12.5. The van der Waals surface area contributed by atoms with Crippen LogP contribution in [0.5, 0.6) is 0 Å². The Hall–Kier alpha value is -0.660. The van der Waals surface area contributed by atoms with Gasteiger partial charge >= 0.3 is 5.97 Å². The Kier molecular flexibility index (Phi) is 5.62. The van der Waals surface area contributed by atoms with Gasteiger partial charge in [-0.3, -0.25) is 4.79 Å². The summed E-state index contributed by atoms with van der Waals surface area (Å²) in [6.07, 6.45) is 4.66. The van der Waals surface area contributed by atoms with Gasteiger partial charge in [0.1, 0.15) is 0 Å². The Morgan fingerprint density at radius 2 is 2.00 bits per heavy atom. The molecule has 3 atom stereocenters. The predicted octanol–water partition coefficient (Wildman–Crippen LogP) is 0.895. The van der Waals surface area contributed by atoms with E-state index in [1.165, 1.54) is 4.31 Å². The van der Waals surface area contributed by atoms with Gasteiger partial charge in [0.15, 0.2) is 5.75 Å². The van der Waals surface area contributed by atoms with Crippen LogP contribution in [-0.4, -0.2) is 54.8 Å². The van der Waals surface area contributed by atoms with Gasteiger partial charge in [0.25, 0.3) is 0 Å². The quantitative estimate of drug-likeness (QED) is 0.761. The highest BCUT2D eigenvalue weighted by atomic mass is 32.2. The minimum absolute atomic E-state index is 0.00210. The SMILES string of the molecule is CCOC(=O)CS(=O)(=O)N1CCCCC1C1CCCC1O. The van der Waals surface area contributed by atoms with E-state index in [4.69, 9.17) is 4.74 Å². The summed E-state index contributed by atoms with van der Waals surface area (Å²) in [6.45, 7) is 2.28. The fourth-order valence-corrected chi connectivity index (χ4v) is 5.19. The summed E-state index contributed by atoms with van der Waals surface area (Å²) in [5.74, 6) is -1.30. The normalized spacial score (nSPS) is 31.2. The van der Waals surface area contributed by atoms with Crippen molar-refractivity contribution in [3.63, 3.8) is 0 Å². The first-order valence-electron chi connectivity index (χ1n) is 7.79. The van der Waals surface area contributed by atoms with Gasteiger partial charge in [0.05, 0.1) is 12.7 Å². The number of rotatable bonds is 5. The van der Waals surface area contributed by atoms with Crippen molar-refractivity contribution in [1.82, 2.24) is 4.31 Å². The van der Waals surface area contributed by atoms with Crippen molar-refractivity contribution >= 4 is 16.0 Å². The molecular formula is C14H25NO5S. The van der Waals surface area contributed by atoms with Gasteiger partial charge in [0.2, 0.25) is 10.0 Å². The lowest BCUT2D eigenvalue weighted by Gasteiger charge is -2.39. The molecule has 1 heterocycles. The van der Waals surface area contributed by atoms with E-state index in [-0.39, 0.29) is 18.6 Å². The van der Waals surface area contributed by atoms with Crippen LogP contribution in [0.3, 0.4) is 0 Å². The summed E-state index contributed by atoms with van der Waals surface area (Å²) in [7, 11) is -3.67. The Morgan fingerprint density at radius 1 is 1.24 bits per heavy atom. The van der Waals surface area contributed by atoms with E-state index < -0.39 is 27.8 Å². The Bertz CT molecular complexity index is 464. The van der Waals surface area contributed by atoms with Crippen molar-refractivity contribution in [3.05, 3.63) is 0 Å². The van der Waals surface area contributed by atoms with Crippen LogP contribution in [0.25, 0.3) is 0 Å². The number of aliphatic hydroxyl groups excluding tert-OH is 1. The smallest absolute Gasteiger partial charge is 0.322 e. The van der Waals surface area contributed by atoms with E-state index in [1.54, 1.807) is 6.92 Å². The molecule has 0 aromatic heterocycles. The largest absolute Gasteiger partial charge is 0.465 e. The first kappa shape index (κ1) is 16.7. The van der Waals surface area contributed by atoms with Crippen LogP contribution in [0.15, 0.2) is 0 Å². The third kappa shape index (κ3) is 3.96. The number of aliphatic hydroxyl groups is 1. The van der Waals surface area contributed by atoms with Gasteiger partial charge in [-0.15, -0.1) is 0 Å². The molecule has 0 bridgehead atoms. The van der Waals surface area contributed by atoms with Crippen LogP contribution in [-0.2, 0) is 19.6 Å². The standard InChI is InChI=1S/C14H25NO5S/c1-2-20-14(17)10-21(18,19)15-9-4-3-7-12(15)11-6-5-8-13(11)16/h11-13,16H,2-10H2,1H3. The number of nitrogens with zero attached hydrogens (tertiary/aromatic N) is 1. The van der Waals surface area contributed by atoms with E-state index in [2.05, 4.69) is 0 Å². The monoisotopic (exact) mass is 319 g/mol. The molecule has 2 rings (SSSR count). The molecule has 1 saturated carbocycles. The second-order valence-electron chi connectivity index (χ2n) is 5.90. The summed E-state index contributed by atoms with van der Waals surface area (Å²) >= 11 is 0. The van der Waals surface area contributed by atoms with Crippen molar-refractivity contribution in [2.24, 2.45) is 5.92 Å². The van der Waals surface area contributed by atoms with E-state index in [9.17, 15) is 18.3 Å². The summed E-state index contributed by atoms with van der Waals surface area (Å²) in [6, 6.07) is -0.171. The van der Waals surface area contributed by atoms with Crippen molar-refractivity contribution < 1.29 is 23.1 Å². The molecule has 21 heavy (non-hydrogen) atoms. The molecule has 6 nitrogen and oxygen atoms in total. The lowest BCUT2D eigenvalue weighted by atomic mass is 9.89. The average Bonchev–Trinajstić information content (AvgIpc) is 2.84. The second kappa shape index (κ2) is 7.07. The van der Waals surface area contributed by atoms with E-state index in [0.717, 1.165) is 38.5 Å². The first-order valence-corrected chi connectivity index (χ1v) is 9.40. The molecule has 2 fully saturated rings. The van der Waals surface area contributed by atoms with Gasteiger partial charge in [-0.05, 0) is 32.6 Å². The van der Waals surface area contributed by atoms with Gasteiger partial charge in [-0.2, -0.15) is 4.31 Å². The van der Waals surface area contributed by atoms with Crippen molar-refractivity contribution in [3.8, 4) is 0 Å². The summed E-state index contributed by atoms with van der Waals surface area (Å²) in [5, 5.41) is 10.1. The maximum atomic E-state index is 12.5. The van der Waals surface area contributed by atoms with Crippen LogP contribution < -0.4 is 0 Å². The molecule has 0 spiro atoms. The molecule has 2 aliphatic rings. The Balaban J connectivity index is 2.12. The molecule has 1 aliphatic heterocycles. The molecule has 0 radical (unpaired) electrons. The minimum Gasteiger partial charge on any atom is -0.465 e. The summed E-state index contributed by atoms with van der Waals surface area (Å²) in [5.41, 5.74) is 0. The number of hydrogen-bond acceptors (Lipinski definition) is 5. The molecule has 122 valence electrons. The zero-order chi connectivity index (χ0) is 15.5. The highest BCUT2D eigenvalue weighted by Gasteiger charge is 2.42. The molecule has 7 heteroatoms. The fraction of sp³-hybridized carbons (Fsp3) is 0.929. The topological polar surface area (TPSA) is 83.9 Å². The third-order valence-corrected chi connectivity index (χ3v) is 6.26. The number of ether oxygens (including phenoxy) is 1. The summed E-state index contributed by atoms with van der Waals surface area (Å²) in [4.78, 5) is 11.5. The zero-order valence-electron chi connectivity index (χ0n) is 12.5. The highest BCUT2D eigenvalue weighted by molar-refractivity contribution is 7.89. The van der Waals surface area contributed by atoms with Crippen LogP contribution in [0, 0.1) is 5.92 Å². The molecule has 0 amide bonds. The van der Waals surface area contributed by atoms with Crippen molar-refractivity contribution in [2.75, 3.05) is 18.9 Å². The highest BCUT2D eigenvalue weighted by Crippen LogP contribution is 2.36. The van der Waals surface area contributed by atoms with E-state index in [0.29, 0.717) is 6.54 Å². The first-order chi connectivity index (χ1) is 9.95. The number of piperidine rings is 1. The summed E-state index contributed by atoms with van der Waals surface area (Å²) < 4.78 is 31.2. The van der Waals surface area contributed by atoms with Gasteiger partial charge < -0.3 is 9.84 Å². The third-order valence-electron chi connectivity index (χ3n) is 4.49. The molecule has 1 saturated heterocycles. The molecule has 0 aromatic rings. The number of hydrogen-bond donors (Lipinski definition) is 1. The Labute approximate surface area is 126 Å². The predicted molar refractivity (Wildman–Crippen MR) is 78.1 cm³/mol. The van der Waals surface area contributed by atoms with Gasteiger partial charge in [-0.25, -0.2) is 8.42 Å². The molecule has 0 aromatic carbocycles. The maximum Gasteiger partial charge on any atom is 0.322 e.